The summed E-state index contributed by atoms with van der Waals surface area (Å²) in [4.78, 5) is -1.19. The van der Waals surface area contributed by atoms with Gasteiger partial charge in [-0.1, -0.05) is 71.1 Å². The Balaban J connectivity index is 2.60. The standard InChI is InChI=1S/C22H47N2O3S/c1-7-8-9-10-11-12-13-14-15-16-18-21(2)22(28(25,26)27)23(3,4)19-17-20-24(22,5)6/h21H,7-20H2,1-6H3/q+1/p+1. The molecule has 1 N–H and O–H groups in total. The first kappa shape index (κ1) is 25.9. The van der Waals surface area contributed by atoms with Crippen molar-refractivity contribution >= 4 is 10.1 Å². The lowest BCUT2D eigenvalue weighted by Crippen LogP contribution is -2.82. The highest BCUT2D eigenvalue weighted by molar-refractivity contribution is 7.86. The van der Waals surface area contributed by atoms with Crippen molar-refractivity contribution in [2.45, 2.75) is 95.9 Å². The Morgan fingerprint density at radius 3 is 1.61 bits per heavy atom. The monoisotopic (exact) mass is 420 g/mol. The van der Waals surface area contributed by atoms with Crippen LogP contribution in [0, 0.1) is 5.92 Å². The quantitative estimate of drug-likeness (QED) is 0.258. The Morgan fingerprint density at radius 1 is 0.821 bits per heavy atom. The van der Waals surface area contributed by atoms with Crippen LogP contribution in [-0.2, 0) is 10.1 Å². The van der Waals surface area contributed by atoms with E-state index in [0.717, 1.165) is 38.8 Å². The third kappa shape index (κ3) is 5.71. The van der Waals surface area contributed by atoms with Gasteiger partial charge in [0.05, 0.1) is 47.2 Å². The fraction of sp³-hybridized carbons (Fsp3) is 1.00. The van der Waals surface area contributed by atoms with E-state index < -0.39 is 15.1 Å². The molecule has 1 saturated heterocycles. The van der Waals surface area contributed by atoms with Gasteiger partial charge in [-0.25, -0.2) is 0 Å². The van der Waals surface area contributed by atoms with Crippen molar-refractivity contribution in [3.8, 4) is 0 Å². The molecular weight excluding hydrogens is 372 g/mol. The van der Waals surface area contributed by atoms with Crippen LogP contribution >= 0.6 is 0 Å². The first-order chi connectivity index (χ1) is 12.9. The zero-order valence-electron chi connectivity index (χ0n) is 19.5. The molecule has 28 heavy (non-hydrogen) atoms. The van der Waals surface area contributed by atoms with Gasteiger partial charge in [0, 0.05) is 6.42 Å². The van der Waals surface area contributed by atoms with E-state index in [1.54, 1.807) is 0 Å². The minimum Gasteiger partial charge on any atom is -0.276 e. The number of unbranched alkanes of at least 4 members (excludes halogenated alkanes) is 9. The molecule has 0 aromatic rings. The maximum absolute atomic E-state index is 12.8. The van der Waals surface area contributed by atoms with Gasteiger partial charge in [0.15, 0.2) is 0 Å². The molecule has 0 radical (unpaired) electrons. The summed E-state index contributed by atoms with van der Waals surface area (Å²) in [5, 5.41) is 0. The van der Waals surface area contributed by atoms with Gasteiger partial charge in [-0.3, -0.25) is 13.5 Å². The van der Waals surface area contributed by atoms with E-state index in [1.165, 1.54) is 51.4 Å². The molecule has 1 heterocycles. The van der Waals surface area contributed by atoms with Crippen LogP contribution in [0.15, 0.2) is 0 Å². The Labute approximate surface area is 175 Å². The highest BCUT2D eigenvalue weighted by Crippen LogP contribution is 2.45. The van der Waals surface area contributed by atoms with Gasteiger partial charge >= 0.3 is 15.1 Å². The second-order valence-corrected chi connectivity index (χ2v) is 11.7. The molecule has 1 atom stereocenters. The second kappa shape index (κ2) is 10.7. The highest BCUT2D eigenvalue weighted by Gasteiger charge is 2.72. The largest absolute Gasteiger partial charge is 0.377 e. The summed E-state index contributed by atoms with van der Waals surface area (Å²) in [6.07, 6.45) is 14.6. The zero-order valence-corrected chi connectivity index (χ0v) is 20.4. The van der Waals surface area contributed by atoms with E-state index in [2.05, 4.69) is 6.92 Å². The summed E-state index contributed by atoms with van der Waals surface area (Å²) in [7, 11) is 3.68. The highest BCUT2D eigenvalue weighted by atomic mass is 32.2. The van der Waals surface area contributed by atoms with E-state index in [0.29, 0.717) is 8.97 Å². The maximum atomic E-state index is 12.8. The lowest BCUT2D eigenvalue weighted by molar-refractivity contribution is -1.14. The number of hydrogen-bond acceptors (Lipinski definition) is 2. The molecule has 1 unspecified atom stereocenters. The fourth-order valence-corrected chi connectivity index (χ4v) is 8.17. The fourth-order valence-electron chi connectivity index (χ4n) is 6.11. The number of rotatable bonds is 13. The molecule has 0 aliphatic carbocycles. The molecule has 0 spiro atoms. The minimum absolute atomic E-state index is 0.0955. The lowest BCUT2D eigenvalue weighted by Gasteiger charge is -2.58. The predicted molar refractivity (Wildman–Crippen MR) is 118 cm³/mol. The lowest BCUT2D eigenvalue weighted by atomic mass is 9.92. The van der Waals surface area contributed by atoms with Crippen molar-refractivity contribution < 1.29 is 21.9 Å². The molecule has 1 aliphatic heterocycles. The Bertz CT molecular complexity index is 542. The molecular formula is C22H48N2O3S+2. The van der Waals surface area contributed by atoms with Crippen LogP contribution in [0.5, 0.6) is 0 Å². The minimum atomic E-state index is -4.22. The van der Waals surface area contributed by atoms with E-state index in [1.807, 2.05) is 35.1 Å². The summed E-state index contributed by atoms with van der Waals surface area (Å²) < 4.78 is 36.7. The first-order valence-corrected chi connectivity index (χ1v) is 13.0. The van der Waals surface area contributed by atoms with Crippen molar-refractivity contribution in [2.75, 3.05) is 41.3 Å². The number of nitrogens with zero attached hydrogens (tertiary/aromatic N) is 2. The summed E-state index contributed by atoms with van der Waals surface area (Å²) in [6.45, 7) is 5.85. The van der Waals surface area contributed by atoms with Gasteiger partial charge in [-0.2, -0.15) is 8.42 Å². The van der Waals surface area contributed by atoms with Crippen molar-refractivity contribution in [1.29, 1.82) is 0 Å². The second-order valence-electron chi connectivity index (χ2n) is 10.2. The molecule has 0 aromatic carbocycles. The van der Waals surface area contributed by atoms with Crippen LogP contribution in [0.25, 0.3) is 0 Å². The normalized spacial score (nSPS) is 22.1. The Morgan fingerprint density at radius 2 is 1.21 bits per heavy atom. The smallest absolute Gasteiger partial charge is 0.276 e. The van der Waals surface area contributed by atoms with Crippen molar-refractivity contribution in [3.05, 3.63) is 0 Å². The summed E-state index contributed by atoms with van der Waals surface area (Å²) in [6, 6.07) is 0. The molecule has 168 valence electrons. The first-order valence-electron chi connectivity index (χ1n) is 11.6. The van der Waals surface area contributed by atoms with Crippen molar-refractivity contribution in [2.24, 2.45) is 5.92 Å². The SMILES string of the molecule is CCCCCCCCCCCCC(C)C1(S(=O)(=O)O)[N+](C)(C)CCC[N+]1(C)C. The molecule has 1 aliphatic rings. The molecule has 0 amide bonds. The predicted octanol–water partition coefficient (Wildman–Crippen LogP) is 5.03. The van der Waals surface area contributed by atoms with E-state index in [9.17, 15) is 13.0 Å². The van der Waals surface area contributed by atoms with Crippen LogP contribution in [0.4, 0.5) is 0 Å². The molecule has 0 aromatic heterocycles. The third-order valence-corrected chi connectivity index (χ3v) is 9.33. The van der Waals surface area contributed by atoms with Crippen LogP contribution in [-0.4, -0.2) is 68.2 Å². The third-order valence-electron chi connectivity index (χ3n) is 7.18. The maximum Gasteiger partial charge on any atom is 0.377 e. The number of quaternary nitrogens is 2. The van der Waals surface area contributed by atoms with Gasteiger partial charge < -0.3 is 0 Å². The van der Waals surface area contributed by atoms with E-state index in [-0.39, 0.29) is 5.92 Å². The van der Waals surface area contributed by atoms with Crippen LogP contribution in [0.1, 0.15) is 90.9 Å². The topological polar surface area (TPSA) is 54.4 Å². The van der Waals surface area contributed by atoms with Crippen LogP contribution in [0.2, 0.25) is 0 Å². The summed E-state index contributed by atoms with van der Waals surface area (Å²) in [5.41, 5.74) is 0. The van der Waals surface area contributed by atoms with Gasteiger partial charge in [0.2, 0.25) is 0 Å². The van der Waals surface area contributed by atoms with Gasteiger partial charge in [-0.05, 0) is 13.3 Å². The Hall–Kier alpha value is -0.170. The molecule has 6 heteroatoms. The van der Waals surface area contributed by atoms with Crippen LogP contribution < -0.4 is 0 Å². The van der Waals surface area contributed by atoms with Gasteiger partial charge in [0.25, 0.3) is 0 Å². The van der Waals surface area contributed by atoms with Crippen molar-refractivity contribution in [1.82, 2.24) is 0 Å². The number of hydrogen-bond donors (Lipinski definition) is 1. The molecule has 1 fully saturated rings. The van der Waals surface area contributed by atoms with Gasteiger partial charge in [-0.15, -0.1) is 0 Å². The van der Waals surface area contributed by atoms with E-state index in [4.69, 9.17) is 0 Å². The molecule has 5 nitrogen and oxygen atoms in total. The van der Waals surface area contributed by atoms with Crippen LogP contribution in [0.3, 0.4) is 0 Å². The van der Waals surface area contributed by atoms with Crippen molar-refractivity contribution in [3.63, 3.8) is 0 Å². The molecule has 1 rings (SSSR count). The van der Waals surface area contributed by atoms with Gasteiger partial charge in [0.1, 0.15) is 0 Å². The summed E-state index contributed by atoms with van der Waals surface area (Å²) >= 11 is 0. The molecule has 0 bridgehead atoms. The zero-order chi connectivity index (χ0) is 21.5. The average molecular weight is 421 g/mol. The molecule has 0 saturated carbocycles. The summed E-state index contributed by atoms with van der Waals surface area (Å²) in [5.74, 6) is -0.0955. The van der Waals surface area contributed by atoms with E-state index >= 15 is 0 Å². The Kier molecular flexibility index (Phi) is 9.92. The average Bonchev–Trinajstić information content (AvgIpc) is 2.53.